The Balaban J connectivity index is 1.63. The number of rotatable bonds is 70. The van der Waals surface area contributed by atoms with E-state index < -0.39 is 22.2 Å². The number of halogens is 3. The number of ether oxygens (including phenoxy) is 22. The Hall–Kier alpha value is -2.12. The first kappa shape index (κ1) is 83.9. The summed E-state index contributed by atoms with van der Waals surface area (Å²) in [5.74, 6) is 0.850. The van der Waals surface area contributed by atoms with Gasteiger partial charge in [-0.2, -0.15) is 21.6 Å². The zero-order valence-corrected chi connectivity index (χ0v) is 54.2. The first-order chi connectivity index (χ1) is 42.6. The second-order valence-electron chi connectivity index (χ2n) is 20.6. The average molecular weight is 1310 g/mol. The quantitative estimate of drug-likeness (QED) is 0.0473. The Kier molecular flexibility index (Phi) is 57.1. The molecule has 0 bridgehead atoms. The Labute approximate surface area is 522 Å². The van der Waals surface area contributed by atoms with Crippen molar-refractivity contribution in [3.8, 4) is 5.75 Å². The van der Waals surface area contributed by atoms with Gasteiger partial charge in [0.05, 0.1) is 284 Å². The Morgan fingerprint density at radius 1 is 0.273 bits per heavy atom. The number of hydrogen-bond donors (Lipinski definition) is 0. The topological polar surface area (TPSA) is 246 Å². The van der Waals surface area contributed by atoms with Crippen molar-refractivity contribution in [2.45, 2.75) is 52.0 Å². The predicted molar refractivity (Wildman–Crippen MR) is 317 cm³/mol. The standard InChI is InChI=1S/C59H109F3O25S/c1-57(2,3)54-58(4,5)55-6-8-56(9-7-55)86-52-50-84-48-46-82-44-42-80-40-38-78-36-34-76-32-30-74-28-26-72-24-22-70-20-18-68-16-14-66-12-10-65-11-13-67-15-17-69-19-21-71-23-25-73-27-29-75-31-33-77-35-37-79-39-41-81-43-45-83-47-49-85-51-53-87-88(63,64)59(60,61)62/h6-9H,10-54H2,1-5H3. The zero-order chi connectivity index (χ0) is 64.1. The van der Waals surface area contributed by atoms with Gasteiger partial charge in [0.15, 0.2) is 0 Å². The van der Waals surface area contributed by atoms with Crippen LogP contribution in [0.2, 0.25) is 0 Å². The van der Waals surface area contributed by atoms with Crippen molar-refractivity contribution in [3.05, 3.63) is 29.8 Å². The van der Waals surface area contributed by atoms with Crippen molar-refractivity contribution in [1.29, 1.82) is 0 Å². The molecule has 1 aromatic carbocycles. The van der Waals surface area contributed by atoms with Crippen molar-refractivity contribution in [2.24, 2.45) is 5.41 Å². The summed E-state index contributed by atoms with van der Waals surface area (Å²) in [4.78, 5) is 0. The maximum absolute atomic E-state index is 12.1. The maximum atomic E-state index is 12.1. The van der Waals surface area contributed by atoms with E-state index in [2.05, 4.69) is 50.9 Å². The van der Waals surface area contributed by atoms with E-state index in [9.17, 15) is 21.6 Å². The minimum atomic E-state index is -5.61. The second kappa shape index (κ2) is 59.9. The molecular weight excluding hydrogens is 1200 g/mol. The molecule has 0 fully saturated rings. The van der Waals surface area contributed by atoms with Crippen molar-refractivity contribution >= 4 is 10.1 Å². The molecule has 0 amide bonds. The second-order valence-corrected chi connectivity index (χ2v) is 22.2. The summed E-state index contributed by atoms with van der Waals surface area (Å²) in [7, 11) is -5.61. The van der Waals surface area contributed by atoms with Gasteiger partial charge in [-0.25, -0.2) is 0 Å². The van der Waals surface area contributed by atoms with Gasteiger partial charge in [0.1, 0.15) is 12.4 Å². The van der Waals surface area contributed by atoms with Crippen LogP contribution in [0.5, 0.6) is 5.75 Å². The van der Waals surface area contributed by atoms with Crippen LogP contribution in [0.25, 0.3) is 0 Å². The third-order valence-electron chi connectivity index (χ3n) is 11.3. The molecule has 522 valence electrons. The van der Waals surface area contributed by atoms with E-state index in [4.69, 9.17) is 104 Å². The molecule has 0 aliphatic carbocycles. The lowest BCUT2D eigenvalue weighted by molar-refractivity contribution is -0.0561. The summed E-state index contributed by atoms with van der Waals surface area (Å²) in [6.45, 7) is 28.7. The molecule has 1 aromatic rings. The predicted octanol–water partition coefficient (Wildman–Crippen LogP) is 4.99. The maximum Gasteiger partial charge on any atom is 0.523 e. The van der Waals surface area contributed by atoms with E-state index in [0.29, 0.717) is 258 Å². The Morgan fingerprint density at radius 2 is 0.443 bits per heavy atom. The van der Waals surface area contributed by atoms with Gasteiger partial charge >= 0.3 is 15.6 Å². The summed E-state index contributed by atoms with van der Waals surface area (Å²) in [5.41, 5.74) is -3.76. The van der Waals surface area contributed by atoms with Gasteiger partial charge in [-0.1, -0.05) is 46.8 Å². The van der Waals surface area contributed by atoms with Gasteiger partial charge in [-0.3, -0.25) is 4.18 Å². The number of alkyl halides is 3. The molecule has 0 atom stereocenters. The third-order valence-corrected chi connectivity index (χ3v) is 12.3. The molecule has 25 nitrogen and oxygen atoms in total. The highest BCUT2D eigenvalue weighted by Crippen LogP contribution is 2.36. The fourth-order valence-electron chi connectivity index (χ4n) is 7.42. The highest BCUT2D eigenvalue weighted by Gasteiger charge is 2.47. The van der Waals surface area contributed by atoms with Crippen molar-refractivity contribution in [2.75, 3.05) is 291 Å². The minimum Gasteiger partial charge on any atom is -0.491 e. The molecule has 0 saturated carbocycles. The van der Waals surface area contributed by atoms with Crippen molar-refractivity contribution in [3.63, 3.8) is 0 Å². The molecule has 0 radical (unpaired) electrons. The fraction of sp³-hybridized carbons (Fsp3) is 0.898. The van der Waals surface area contributed by atoms with Crippen LogP contribution in [0.1, 0.15) is 46.6 Å². The molecule has 0 N–H and O–H groups in total. The van der Waals surface area contributed by atoms with Crippen LogP contribution in [0.3, 0.4) is 0 Å². The first-order valence-electron chi connectivity index (χ1n) is 30.5. The Bertz CT molecular complexity index is 1720. The summed E-state index contributed by atoms with van der Waals surface area (Å²) in [6, 6.07) is 8.40. The van der Waals surface area contributed by atoms with Crippen LogP contribution < -0.4 is 4.74 Å². The summed E-state index contributed by atoms with van der Waals surface area (Å²) in [6.07, 6.45) is 1.11. The monoisotopic (exact) mass is 1310 g/mol. The summed E-state index contributed by atoms with van der Waals surface area (Å²) < 4.78 is 182. The zero-order valence-electron chi connectivity index (χ0n) is 53.4. The third kappa shape index (κ3) is 57.8. The molecule has 88 heavy (non-hydrogen) atoms. The normalized spacial score (nSPS) is 12.5. The van der Waals surface area contributed by atoms with Crippen LogP contribution >= 0.6 is 0 Å². The Morgan fingerprint density at radius 3 is 0.614 bits per heavy atom. The molecule has 0 saturated heterocycles. The smallest absolute Gasteiger partial charge is 0.491 e. The van der Waals surface area contributed by atoms with E-state index in [0.717, 1.165) is 12.2 Å². The SMILES string of the molecule is CC(C)(C)CC(C)(C)c1ccc(OCCOCCOCCOCCOCCOCCOCCOCCOCCOCCOCCOCCOCCOCCOCCOCCOCCOCCOCCOCCOCCOCCOS(=O)(=O)C(F)(F)F)cc1. The van der Waals surface area contributed by atoms with Crippen molar-refractivity contribution < 1.29 is 130 Å². The molecule has 0 unspecified atom stereocenters. The number of hydrogen-bond acceptors (Lipinski definition) is 25. The summed E-state index contributed by atoms with van der Waals surface area (Å²) in [5, 5.41) is 0. The molecule has 0 aliphatic rings. The van der Waals surface area contributed by atoms with E-state index in [1.165, 1.54) is 5.56 Å². The number of benzene rings is 1. The average Bonchev–Trinajstić information content (AvgIpc) is 2.98. The molecule has 0 aromatic heterocycles. The summed E-state index contributed by atoms with van der Waals surface area (Å²) >= 11 is 0. The lowest BCUT2D eigenvalue weighted by atomic mass is 9.72. The van der Waals surface area contributed by atoms with Gasteiger partial charge in [-0.05, 0) is 34.9 Å². The molecule has 1 rings (SSSR count). The molecule has 0 heterocycles. The van der Waals surface area contributed by atoms with Gasteiger partial charge in [0, 0.05) is 0 Å². The molecule has 29 heteroatoms. The first-order valence-corrected chi connectivity index (χ1v) is 31.9. The van der Waals surface area contributed by atoms with Crippen LogP contribution in [-0.2, 0) is 119 Å². The van der Waals surface area contributed by atoms with Gasteiger partial charge < -0.3 is 104 Å². The van der Waals surface area contributed by atoms with E-state index >= 15 is 0 Å². The van der Waals surface area contributed by atoms with Crippen molar-refractivity contribution in [1.82, 2.24) is 0 Å². The lowest BCUT2D eigenvalue weighted by Gasteiger charge is -2.33. The molecule has 0 spiro atoms. The lowest BCUT2D eigenvalue weighted by Crippen LogP contribution is -2.27. The van der Waals surface area contributed by atoms with Crippen LogP contribution in [0.4, 0.5) is 13.2 Å². The van der Waals surface area contributed by atoms with E-state index in [1.807, 2.05) is 12.1 Å². The highest BCUT2D eigenvalue weighted by molar-refractivity contribution is 7.87. The van der Waals surface area contributed by atoms with Crippen LogP contribution in [0.15, 0.2) is 24.3 Å². The highest BCUT2D eigenvalue weighted by atomic mass is 32.2. The minimum absolute atomic E-state index is 0.0560. The molecule has 0 aliphatic heterocycles. The fourth-order valence-corrected chi connectivity index (χ4v) is 7.84. The van der Waals surface area contributed by atoms with Gasteiger partial charge in [0.25, 0.3) is 0 Å². The van der Waals surface area contributed by atoms with E-state index in [1.54, 1.807) is 0 Å². The van der Waals surface area contributed by atoms with Gasteiger partial charge in [-0.15, -0.1) is 0 Å². The largest absolute Gasteiger partial charge is 0.523 e. The van der Waals surface area contributed by atoms with Crippen LogP contribution in [-0.4, -0.2) is 305 Å². The van der Waals surface area contributed by atoms with Gasteiger partial charge in [0.2, 0.25) is 0 Å². The van der Waals surface area contributed by atoms with Crippen LogP contribution in [0, 0.1) is 5.41 Å². The van der Waals surface area contributed by atoms with E-state index in [-0.39, 0.29) is 37.3 Å². The molecular formula is C59H109F3O25S.